The van der Waals surface area contributed by atoms with Crippen LogP contribution >= 0.6 is 23.4 Å². The largest absolute Gasteiger partial charge is 0.490 e. The van der Waals surface area contributed by atoms with Gasteiger partial charge in [0.2, 0.25) is 0 Å². The van der Waals surface area contributed by atoms with E-state index in [0.717, 1.165) is 39.1 Å². The molecule has 0 aliphatic carbocycles. The molecule has 0 unspecified atom stereocenters. The van der Waals surface area contributed by atoms with Gasteiger partial charge in [0.05, 0.1) is 18.1 Å². The van der Waals surface area contributed by atoms with Crippen LogP contribution < -0.4 is 9.47 Å². The number of hydrogen-bond acceptors (Lipinski definition) is 5. The van der Waals surface area contributed by atoms with Crippen LogP contribution in [0.2, 0.25) is 5.02 Å². The van der Waals surface area contributed by atoms with E-state index in [0.29, 0.717) is 35.8 Å². The van der Waals surface area contributed by atoms with Gasteiger partial charge in [0, 0.05) is 5.02 Å². The van der Waals surface area contributed by atoms with Crippen LogP contribution in [0.1, 0.15) is 23.6 Å². The normalized spacial score (nSPS) is 14.5. The summed E-state index contributed by atoms with van der Waals surface area (Å²) < 4.78 is 25.3. The van der Waals surface area contributed by atoms with Gasteiger partial charge >= 0.3 is 0 Å². The molecule has 1 aliphatic rings. The third-order valence-electron chi connectivity index (χ3n) is 6.05. The smallest absolute Gasteiger partial charge is 0.293 e. The van der Waals surface area contributed by atoms with E-state index >= 15 is 0 Å². The van der Waals surface area contributed by atoms with Crippen molar-refractivity contribution >= 4 is 51.4 Å². The number of amides is 2. The highest BCUT2D eigenvalue weighted by Gasteiger charge is 2.35. The number of thioether (sulfide) groups is 1. The average molecular weight is 548 g/mol. The van der Waals surface area contributed by atoms with Gasteiger partial charge < -0.3 is 9.47 Å². The molecule has 1 saturated heterocycles. The maximum Gasteiger partial charge on any atom is 0.293 e. The number of imide groups is 1. The van der Waals surface area contributed by atoms with E-state index in [2.05, 4.69) is 18.2 Å². The maximum atomic E-state index is 13.4. The van der Waals surface area contributed by atoms with Crippen molar-refractivity contribution in [3.63, 3.8) is 0 Å². The van der Waals surface area contributed by atoms with Gasteiger partial charge in [-0.1, -0.05) is 66.2 Å². The molecule has 1 fully saturated rings. The lowest BCUT2D eigenvalue weighted by Gasteiger charge is -2.14. The van der Waals surface area contributed by atoms with Gasteiger partial charge in [0.15, 0.2) is 11.5 Å². The predicted octanol–water partition coefficient (Wildman–Crippen LogP) is 7.85. The highest BCUT2D eigenvalue weighted by molar-refractivity contribution is 8.18. The Morgan fingerprint density at radius 2 is 1.74 bits per heavy atom. The first-order valence-electron chi connectivity index (χ1n) is 12.0. The number of hydrogen-bond donors (Lipinski definition) is 0. The van der Waals surface area contributed by atoms with E-state index in [1.165, 1.54) is 12.1 Å². The Kier molecular flexibility index (Phi) is 7.67. The molecule has 0 spiro atoms. The zero-order valence-electron chi connectivity index (χ0n) is 20.4. The number of benzene rings is 4. The van der Waals surface area contributed by atoms with Crippen molar-refractivity contribution in [1.29, 1.82) is 0 Å². The summed E-state index contributed by atoms with van der Waals surface area (Å²) in [6, 6.07) is 23.5. The quantitative estimate of drug-likeness (QED) is 0.210. The van der Waals surface area contributed by atoms with Crippen molar-refractivity contribution in [2.24, 2.45) is 0 Å². The number of carbonyl (C=O) groups is 2. The summed E-state index contributed by atoms with van der Waals surface area (Å²) in [6.45, 7) is 2.65. The Morgan fingerprint density at radius 1 is 0.921 bits per heavy atom. The molecular formula is C30H23ClFNO4S. The van der Waals surface area contributed by atoms with Gasteiger partial charge in [-0.15, -0.1) is 0 Å². The van der Waals surface area contributed by atoms with Gasteiger partial charge in [-0.2, -0.15) is 0 Å². The molecule has 1 aliphatic heterocycles. The molecule has 0 bridgehead atoms. The Hall–Kier alpha value is -3.81. The highest BCUT2D eigenvalue weighted by atomic mass is 35.5. The number of nitrogens with zero attached hydrogens (tertiary/aromatic N) is 1. The third-order valence-corrected chi connectivity index (χ3v) is 7.30. The van der Waals surface area contributed by atoms with Crippen LogP contribution in [0.15, 0.2) is 83.8 Å². The Morgan fingerprint density at radius 3 is 2.55 bits per heavy atom. The van der Waals surface area contributed by atoms with E-state index in [4.69, 9.17) is 21.1 Å². The monoisotopic (exact) mass is 547 g/mol. The summed E-state index contributed by atoms with van der Waals surface area (Å²) in [6.07, 6.45) is 1.65. The minimum Gasteiger partial charge on any atom is -0.490 e. The Balaban J connectivity index is 1.34. The first-order chi connectivity index (χ1) is 18.4. The number of carbonyl (C=O) groups excluding carboxylic acids is 2. The SMILES string of the molecule is CCOc1cc(/C=C2\SC(=O)N(Cc3ccc(F)cc3Cl)C2=O)ccc1OCc1cccc2ccccc12. The zero-order chi connectivity index (χ0) is 26.6. The van der Waals surface area contributed by atoms with Gasteiger partial charge in [-0.05, 0) is 76.5 Å². The van der Waals surface area contributed by atoms with Crippen molar-refractivity contribution in [3.8, 4) is 11.5 Å². The molecule has 0 atom stereocenters. The molecule has 5 rings (SSSR count). The van der Waals surface area contributed by atoms with Crippen LogP contribution in [0.3, 0.4) is 0 Å². The van der Waals surface area contributed by atoms with Crippen LogP contribution in [0.4, 0.5) is 9.18 Å². The molecule has 5 nitrogen and oxygen atoms in total. The zero-order valence-corrected chi connectivity index (χ0v) is 22.0. The molecule has 192 valence electrons. The Labute approximate surface area is 228 Å². The van der Waals surface area contributed by atoms with E-state index in [1.807, 2.05) is 37.3 Å². The summed E-state index contributed by atoms with van der Waals surface area (Å²) in [5, 5.41) is 2.02. The number of ether oxygens (including phenoxy) is 2. The van der Waals surface area contributed by atoms with Crippen molar-refractivity contribution in [1.82, 2.24) is 4.90 Å². The van der Waals surface area contributed by atoms with Crippen LogP contribution in [0.25, 0.3) is 16.8 Å². The van der Waals surface area contributed by atoms with E-state index < -0.39 is 17.0 Å². The summed E-state index contributed by atoms with van der Waals surface area (Å²) in [4.78, 5) is 26.9. The first-order valence-corrected chi connectivity index (χ1v) is 13.2. The lowest BCUT2D eigenvalue weighted by molar-refractivity contribution is -0.123. The van der Waals surface area contributed by atoms with Crippen LogP contribution in [0, 0.1) is 5.82 Å². The summed E-state index contributed by atoms with van der Waals surface area (Å²) in [7, 11) is 0. The van der Waals surface area contributed by atoms with Gasteiger partial charge in [0.1, 0.15) is 12.4 Å². The molecule has 4 aromatic carbocycles. The minimum atomic E-state index is -0.484. The molecule has 1 heterocycles. The first kappa shape index (κ1) is 25.8. The van der Waals surface area contributed by atoms with Crippen molar-refractivity contribution < 1.29 is 23.5 Å². The lowest BCUT2D eigenvalue weighted by Crippen LogP contribution is -2.27. The van der Waals surface area contributed by atoms with Gasteiger partial charge in [-0.3, -0.25) is 14.5 Å². The molecule has 2 amide bonds. The standard InChI is InChI=1S/C30H23ClFNO4S/c1-2-36-27-14-19(10-13-26(27)37-18-22-8-5-7-20-6-3-4-9-24(20)22)15-28-29(34)33(30(35)38-28)17-21-11-12-23(32)16-25(21)31/h3-16H,2,17-18H2,1H3/b28-15-. The fourth-order valence-corrected chi connectivity index (χ4v) is 5.25. The second kappa shape index (κ2) is 11.3. The number of halogens is 2. The number of fused-ring (bicyclic) bond motifs is 1. The van der Waals surface area contributed by atoms with Gasteiger partial charge in [0.25, 0.3) is 11.1 Å². The lowest BCUT2D eigenvalue weighted by atomic mass is 10.1. The van der Waals surface area contributed by atoms with Crippen LogP contribution in [-0.4, -0.2) is 22.7 Å². The average Bonchev–Trinajstić information content (AvgIpc) is 3.17. The van der Waals surface area contributed by atoms with E-state index in [9.17, 15) is 14.0 Å². The second-order valence-electron chi connectivity index (χ2n) is 8.57. The molecule has 0 radical (unpaired) electrons. The fraction of sp³-hybridized carbons (Fsp3) is 0.133. The summed E-state index contributed by atoms with van der Waals surface area (Å²) >= 11 is 6.93. The molecular weight excluding hydrogens is 525 g/mol. The molecule has 38 heavy (non-hydrogen) atoms. The number of rotatable bonds is 8. The van der Waals surface area contributed by atoms with Crippen LogP contribution in [0.5, 0.6) is 11.5 Å². The molecule has 0 N–H and O–H groups in total. The van der Waals surface area contributed by atoms with Crippen molar-refractivity contribution in [3.05, 3.63) is 111 Å². The van der Waals surface area contributed by atoms with Crippen LogP contribution in [-0.2, 0) is 17.9 Å². The molecule has 0 saturated carbocycles. The summed E-state index contributed by atoms with van der Waals surface area (Å²) in [5.74, 6) is 0.201. The second-order valence-corrected chi connectivity index (χ2v) is 9.97. The fourth-order valence-electron chi connectivity index (χ4n) is 4.18. The van der Waals surface area contributed by atoms with E-state index in [-0.39, 0.29) is 16.5 Å². The van der Waals surface area contributed by atoms with Crippen molar-refractivity contribution in [2.75, 3.05) is 6.61 Å². The predicted molar refractivity (Wildman–Crippen MR) is 149 cm³/mol. The summed E-state index contributed by atoms with van der Waals surface area (Å²) in [5.41, 5.74) is 2.24. The highest BCUT2D eigenvalue weighted by Crippen LogP contribution is 2.36. The van der Waals surface area contributed by atoms with Gasteiger partial charge in [-0.25, -0.2) is 4.39 Å². The minimum absolute atomic E-state index is 0.0355. The van der Waals surface area contributed by atoms with E-state index in [1.54, 1.807) is 18.2 Å². The Bertz CT molecular complexity index is 1570. The molecule has 0 aromatic heterocycles. The topological polar surface area (TPSA) is 55.8 Å². The molecule has 8 heteroatoms. The maximum absolute atomic E-state index is 13.4. The molecule has 4 aromatic rings. The van der Waals surface area contributed by atoms with Crippen molar-refractivity contribution in [2.45, 2.75) is 20.1 Å². The third kappa shape index (κ3) is 5.54.